The highest BCUT2D eigenvalue weighted by atomic mass is 16.2. The molecule has 3 heterocycles. The number of hydrogen-bond donors (Lipinski definition) is 1. The lowest BCUT2D eigenvalue weighted by Crippen LogP contribution is -2.40. The van der Waals surface area contributed by atoms with Crippen LogP contribution in [0.25, 0.3) is 10.9 Å². The van der Waals surface area contributed by atoms with Gasteiger partial charge in [0.05, 0.1) is 12.2 Å². The van der Waals surface area contributed by atoms with E-state index in [-0.39, 0.29) is 11.9 Å². The van der Waals surface area contributed by atoms with Crippen LogP contribution < -0.4 is 0 Å². The third kappa shape index (κ3) is 3.65. The zero-order valence-corrected chi connectivity index (χ0v) is 18.1. The first-order chi connectivity index (χ1) is 15.1. The van der Waals surface area contributed by atoms with Gasteiger partial charge in [-0.25, -0.2) is 0 Å². The Kier molecular flexibility index (Phi) is 5.10. The monoisotopic (exact) mass is 412 g/mol. The minimum absolute atomic E-state index is 0.0801. The van der Waals surface area contributed by atoms with E-state index in [1.165, 1.54) is 22.1 Å². The summed E-state index contributed by atoms with van der Waals surface area (Å²) in [6, 6.07) is 17.1. The van der Waals surface area contributed by atoms with Gasteiger partial charge in [0, 0.05) is 42.8 Å². The molecule has 2 aromatic heterocycles. The van der Waals surface area contributed by atoms with E-state index in [1.807, 2.05) is 19.4 Å². The lowest BCUT2D eigenvalue weighted by atomic mass is 9.91. The summed E-state index contributed by atoms with van der Waals surface area (Å²) in [6.45, 7) is 2.90. The van der Waals surface area contributed by atoms with E-state index in [0.717, 1.165) is 36.2 Å². The van der Waals surface area contributed by atoms with Crippen molar-refractivity contribution >= 4 is 16.8 Å². The number of fused-ring (bicyclic) bond motifs is 3. The summed E-state index contributed by atoms with van der Waals surface area (Å²) in [6.07, 6.45) is 6.92. The molecule has 5 rings (SSSR count). The third-order valence-corrected chi connectivity index (χ3v) is 6.44. The number of aromatic amines is 1. The van der Waals surface area contributed by atoms with Crippen LogP contribution in [0.1, 0.15) is 47.3 Å². The second-order valence-corrected chi connectivity index (χ2v) is 8.42. The van der Waals surface area contributed by atoms with Crippen LogP contribution in [0.2, 0.25) is 0 Å². The third-order valence-electron chi connectivity index (χ3n) is 6.44. The molecule has 0 saturated carbocycles. The molecule has 0 unspecified atom stereocenters. The molecule has 1 aliphatic heterocycles. The van der Waals surface area contributed by atoms with E-state index in [0.29, 0.717) is 12.8 Å². The zero-order chi connectivity index (χ0) is 21.4. The molecule has 1 aliphatic rings. The first-order valence-corrected chi connectivity index (χ1v) is 11.1. The van der Waals surface area contributed by atoms with E-state index in [4.69, 9.17) is 0 Å². The summed E-state index contributed by atoms with van der Waals surface area (Å²) in [5, 5.41) is 5.50. The summed E-state index contributed by atoms with van der Waals surface area (Å²) in [5.41, 5.74) is 7.23. The fourth-order valence-electron chi connectivity index (χ4n) is 4.79. The predicted octanol–water partition coefficient (Wildman–Crippen LogP) is 4.57. The van der Waals surface area contributed by atoms with Crippen molar-refractivity contribution in [3.05, 3.63) is 88.9 Å². The number of benzene rings is 2. The quantitative estimate of drug-likeness (QED) is 0.522. The van der Waals surface area contributed by atoms with Crippen molar-refractivity contribution in [3.63, 3.8) is 0 Å². The fraction of sp³-hybridized carbons (Fsp3) is 0.308. The Morgan fingerprint density at radius 1 is 1.13 bits per heavy atom. The smallest absolute Gasteiger partial charge is 0.223 e. The number of amides is 1. The summed E-state index contributed by atoms with van der Waals surface area (Å²) in [4.78, 5) is 19.1. The Hall–Kier alpha value is -3.34. The molecule has 0 aliphatic carbocycles. The van der Waals surface area contributed by atoms with Crippen LogP contribution >= 0.6 is 0 Å². The maximum absolute atomic E-state index is 13.4. The van der Waals surface area contributed by atoms with Gasteiger partial charge in [-0.15, -0.1) is 0 Å². The van der Waals surface area contributed by atoms with Crippen molar-refractivity contribution in [1.82, 2.24) is 19.7 Å². The number of nitrogens with zero attached hydrogens (tertiary/aromatic N) is 3. The molecule has 5 nitrogen and oxygen atoms in total. The van der Waals surface area contributed by atoms with Crippen LogP contribution in [0, 0.1) is 0 Å². The minimum Gasteiger partial charge on any atom is -0.356 e. The molecule has 31 heavy (non-hydrogen) atoms. The highest BCUT2D eigenvalue weighted by Gasteiger charge is 2.34. The maximum atomic E-state index is 13.4. The Morgan fingerprint density at radius 3 is 2.68 bits per heavy atom. The van der Waals surface area contributed by atoms with E-state index in [2.05, 4.69) is 70.4 Å². The van der Waals surface area contributed by atoms with Gasteiger partial charge in [-0.3, -0.25) is 9.48 Å². The van der Waals surface area contributed by atoms with Crippen molar-refractivity contribution < 1.29 is 4.79 Å². The second kappa shape index (κ2) is 8.06. The standard InChI is InChI=1S/C26H28N4O/c1-3-18-8-11-20(12-9-18)26-25-22(21-6-4-5-7-23(21)28-25)14-15-30(26)24(31)13-10-19-16-27-29(2)17-19/h4-9,11-12,16-17,26,28H,3,10,13-15H2,1-2H3/t26-/m0/s1. The molecular weight excluding hydrogens is 384 g/mol. The van der Waals surface area contributed by atoms with Crippen LogP contribution in [-0.2, 0) is 31.1 Å². The van der Waals surface area contributed by atoms with Gasteiger partial charge in [0.2, 0.25) is 5.91 Å². The Balaban J connectivity index is 1.51. The zero-order valence-electron chi connectivity index (χ0n) is 18.1. The van der Waals surface area contributed by atoms with E-state index in [9.17, 15) is 4.79 Å². The highest BCUT2D eigenvalue weighted by Crippen LogP contribution is 2.38. The lowest BCUT2D eigenvalue weighted by molar-refractivity contribution is -0.133. The minimum atomic E-state index is -0.0801. The van der Waals surface area contributed by atoms with Gasteiger partial charge >= 0.3 is 0 Å². The molecule has 0 saturated heterocycles. The second-order valence-electron chi connectivity index (χ2n) is 8.42. The number of H-pyrrole nitrogens is 1. The molecule has 158 valence electrons. The summed E-state index contributed by atoms with van der Waals surface area (Å²) in [7, 11) is 1.91. The van der Waals surface area contributed by atoms with Gasteiger partial charge < -0.3 is 9.88 Å². The van der Waals surface area contributed by atoms with Crippen molar-refractivity contribution in [2.24, 2.45) is 7.05 Å². The number of carbonyl (C=O) groups excluding carboxylic acids is 1. The topological polar surface area (TPSA) is 53.9 Å². The van der Waals surface area contributed by atoms with Crippen molar-refractivity contribution in [2.75, 3.05) is 6.54 Å². The first-order valence-electron chi connectivity index (χ1n) is 11.1. The molecule has 0 fully saturated rings. The van der Waals surface area contributed by atoms with Crippen LogP contribution in [0.15, 0.2) is 60.9 Å². The van der Waals surface area contributed by atoms with Gasteiger partial charge in [0.1, 0.15) is 0 Å². The van der Waals surface area contributed by atoms with E-state index in [1.54, 1.807) is 4.68 Å². The van der Waals surface area contributed by atoms with Crippen molar-refractivity contribution in [3.8, 4) is 0 Å². The SMILES string of the molecule is CCc1ccc([C@H]2c3[nH]c4ccccc4c3CCN2C(=O)CCc2cnn(C)c2)cc1. The summed E-state index contributed by atoms with van der Waals surface area (Å²) < 4.78 is 1.79. The van der Waals surface area contributed by atoms with Gasteiger partial charge in [0.15, 0.2) is 0 Å². The maximum Gasteiger partial charge on any atom is 0.223 e. The normalized spacial score (nSPS) is 15.9. The predicted molar refractivity (Wildman–Crippen MR) is 123 cm³/mol. The number of carbonyl (C=O) groups is 1. The fourth-order valence-corrected chi connectivity index (χ4v) is 4.79. The largest absolute Gasteiger partial charge is 0.356 e. The van der Waals surface area contributed by atoms with Gasteiger partial charge in [-0.05, 0) is 47.6 Å². The number of hydrogen-bond acceptors (Lipinski definition) is 2. The molecule has 1 N–H and O–H groups in total. The Bertz CT molecular complexity index is 1220. The molecule has 4 aromatic rings. The average molecular weight is 413 g/mol. The summed E-state index contributed by atoms with van der Waals surface area (Å²) in [5.74, 6) is 0.192. The molecule has 0 spiro atoms. The number of para-hydroxylation sites is 1. The molecule has 1 amide bonds. The number of rotatable bonds is 5. The lowest BCUT2D eigenvalue weighted by Gasteiger charge is -2.36. The molecule has 0 bridgehead atoms. The van der Waals surface area contributed by atoms with E-state index < -0.39 is 0 Å². The number of aromatic nitrogens is 3. The van der Waals surface area contributed by atoms with Gasteiger partial charge in [-0.1, -0.05) is 49.4 Å². The Morgan fingerprint density at radius 2 is 1.94 bits per heavy atom. The van der Waals surface area contributed by atoms with Crippen LogP contribution in [0.4, 0.5) is 0 Å². The summed E-state index contributed by atoms with van der Waals surface area (Å²) >= 11 is 0. The van der Waals surface area contributed by atoms with Gasteiger partial charge in [-0.2, -0.15) is 5.10 Å². The molecular formula is C26H28N4O. The van der Waals surface area contributed by atoms with Crippen molar-refractivity contribution in [1.29, 1.82) is 0 Å². The highest BCUT2D eigenvalue weighted by molar-refractivity contribution is 5.86. The first kappa shape index (κ1) is 19.6. The molecule has 2 aromatic carbocycles. The van der Waals surface area contributed by atoms with Crippen LogP contribution in [0.3, 0.4) is 0 Å². The van der Waals surface area contributed by atoms with E-state index >= 15 is 0 Å². The van der Waals surface area contributed by atoms with Gasteiger partial charge in [0.25, 0.3) is 0 Å². The number of nitrogens with one attached hydrogen (secondary N) is 1. The number of aryl methyl sites for hydroxylation is 3. The average Bonchev–Trinajstić information content (AvgIpc) is 3.40. The van der Waals surface area contributed by atoms with Crippen LogP contribution in [0.5, 0.6) is 0 Å². The molecule has 5 heteroatoms. The van der Waals surface area contributed by atoms with Crippen LogP contribution in [-0.4, -0.2) is 32.1 Å². The Labute approximate surface area is 182 Å². The molecule has 0 radical (unpaired) electrons. The van der Waals surface area contributed by atoms with Crippen molar-refractivity contribution in [2.45, 2.75) is 38.6 Å². The molecule has 1 atom stereocenters.